The van der Waals surface area contributed by atoms with E-state index in [1.165, 1.54) is 6.26 Å². The molecule has 0 amide bonds. The lowest BCUT2D eigenvalue weighted by atomic mass is 10.3. The summed E-state index contributed by atoms with van der Waals surface area (Å²) in [7, 11) is -3.25. The second-order valence-electron chi connectivity index (χ2n) is 3.57. The van der Waals surface area contributed by atoms with Crippen LogP contribution in [-0.4, -0.2) is 20.1 Å². The van der Waals surface area contributed by atoms with Crippen LogP contribution in [0.25, 0.3) is 0 Å². The van der Waals surface area contributed by atoms with E-state index in [1.807, 2.05) is 0 Å². The van der Waals surface area contributed by atoms with Crippen LogP contribution in [0.4, 0.5) is 0 Å². The summed E-state index contributed by atoms with van der Waals surface area (Å²) in [5, 5.41) is 0. The Hall–Kier alpha value is -0.520. The maximum Gasteiger partial charge on any atom is 0.212 e. The summed E-state index contributed by atoms with van der Waals surface area (Å²) in [6, 6.07) is 3.13. The van der Waals surface area contributed by atoms with E-state index in [0.29, 0.717) is 24.5 Å². The average Bonchev–Trinajstić information content (AvgIpc) is 2.69. The van der Waals surface area contributed by atoms with Crippen molar-refractivity contribution in [3.05, 3.63) is 24.2 Å². The van der Waals surface area contributed by atoms with Crippen LogP contribution in [0, 0.1) is 0 Å². The molecule has 0 aliphatic heterocycles. The van der Waals surface area contributed by atoms with Gasteiger partial charge in [-0.2, -0.15) is 0 Å². The van der Waals surface area contributed by atoms with E-state index in [4.69, 9.17) is 16.0 Å². The number of alkyl halides is 1. The van der Waals surface area contributed by atoms with E-state index >= 15 is 0 Å². The zero-order valence-electron chi connectivity index (χ0n) is 9.15. The van der Waals surface area contributed by atoms with Gasteiger partial charge in [0.15, 0.2) is 0 Å². The standard InChI is InChI=1S/C10H16ClNO3S/c1-9(10-5-4-7-15-10)12-16(13,14)8-3-2-6-11/h4-5,7,9,12H,2-3,6,8H2,1H3/t9-/m1/s1. The molecule has 1 heterocycles. The van der Waals surface area contributed by atoms with Crippen LogP contribution in [0.1, 0.15) is 31.6 Å². The predicted octanol–water partition coefficient (Wildman–Crippen LogP) is 2.28. The van der Waals surface area contributed by atoms with Crippen molar-refractivity contribution in [3.8, 4) is 0 Å². The van der Waals surface area contributed by atoms with E-state index in [-0.39, 0.29) is 11.8 Å². The van der Waals surface area contributed by atoms with Gasteiger partial charge in [0, 0.05) is 5.88 Å². The zero-order valence-corrected chi connectivity index (χ0v) is 10.7. The number of halogens is 1. The minimum atomic E-state index is -3.25. The van der Waals surface area contributed by atoms with Crippen molar-refractivity contribution in [1.82, 2.24) is 4.72 Å². The monoisotopic (exact) mass is 265 g/mol. The molecule has 92 valence electrons. The minimum absolute atomic E-state index is 0.102. The maximum absolute atomic E-state index is 11.6. The Labute approximate surface area is 101 Å². The van der Waals surface area contributed by atoms with Crippen LogP contribution in [-0.2, 0) is 10.0 Å². The van der Waals surface area contributed by atoms with Crippen molar-refractivity contribution in [2.45, 2.75) is 25.8 Å². The number of furan rings is 1. The maximum atomic E-state index is 11.6. The second-order valence-corrected chi connectivity index (χ2v) is 5.82. The molecular formula is C10H16ClNO3S. The molecule has 0 aliphatic rings. The molecule has 1 N–H and O–H groups in total. The van der Waals surface area contributed by atoms with Gasteiger partial charge in [0.05, 0.1) is 18.1 Å². The first-order chi connectivity index (χ1) is 7.55. The van der Waals surface area contributed by atoms with E-state index in [0.717, 1.165) is 0 Å². The summed E-state index contributed by atoms with van der Waals surface area (Å²) in [5.41, 5.74) is 0. The summed E-state index contributed by atoms with van der Waals surface area (Å²) >= 11 is 5.49. The highest BCUT2D eigenvalue weighted by Crippen LogP contribution is 2.13. The van der Waals surface area contributed by atoms with Crippen LogP contribution >= 0.6 is 11.6 Å². The van der Waals surface area contributed by atoms with Crippen LogP contribution in [0.15, 0.2) is 22.8 Å². The largest absolute Gasteiger partial charge is 0.468 e. The van der Waals surface area contributed by atoms with Crippen LogP contribution < -0.4 is 4.72 Å². The fraction of sp³-hybridized carbons (Fsp3) is 0.600. The Morgan fingerprint density at radius 3 is 2.81 bits per heavy atom. The fourth-order valence-corrected chi connectivity index (χ4v) is 2.86. The normalized spacial score (nSPS) is 13.9. The molecule has 1 atom stereocenters. The predicted molar refractivity (Wildman–Crippen MR) is 64.0 cm³/mol. The third-order valence-corrected chi connectivity index (χ3v) is 3.93. The van der Waals surface area contributed by atoms with Crippen molar-refractivity contribution in [2.24, 2.45) is 0 Å². The van der Waals surface area contributed by atoms with Crippen LogP contribution in [0.5, 0.6) is 0 Å². The molecule has 1 rings (SSSR count). The third-order valence-electron chi connectivity index (χ3n) is 2.12. The molecule has 0 fully saturated rings. The number of rotatable bonds is 7. The highest BCUT2D eigenvalue weighted by Gasteiger charge is 2.16. The van der Waals surface area contributed by atoms with E-state index in [9.17, 15) is 8.42 Å². The van der Waals surface area contributed by atoms with Crippen molar-refractivity contribution in [3.63, 3.8) is 0 Å². The molecular weight excluding hydrogens is 250 g/mol. The molecule has 16 heavy (non-hydrogen) atoms. The van der Waals surface area contributed by atoms with Gasteiger partial charge in [-0.25, -0.2) is 13.1 Å². The SMILES string of the molecule is C[C@@H](NS(=O)(=O)CCCCCl)c1ccco1. The number of unbranched alkanes of at least 4 members (excludes halogenated alkanes) is 1. The first-order valence-corrected chi connectivity index (χ1v) is 7.33. The minimum Gasteiger partial charge on any atom is -0.468 e. The van der Waals surface area contributed by atoms with Gasteiger partial charge in [-0.3, -0.25) is 0 Å². The lowest BCUT2D eigenvalue weighted by Crippen LogP contribution is -2.29. The van der Waals surface area contributed by atoms with Crippen LogP contribution in [0.2, 0.25) is 0 Å². The molecule has 0 radical (unpaired) electrons. The molecule has 0 aliphatic carbocycles. The molecule has 0 bridgehead atoms. The number of hydrogen-bond acceptors (Lipinski definition) is 3. The Morgan fingerprint density at radius 2 is 2.25 bits per heavy atom. The van der Waals surface area contributed by atoms with Crippen molar-refractivity contribution in [1.29, 1.82) is 0 Å². The first kappa shape index (κ1) is 13.5. The van der Waals surface area contributed by atoms with E-state index in [2.05, 4.69) is 4.72 Å². The van der Waals surface area contributed by atoms with Crippen LogP contribution in [0.3, 0.4) is 0 Å². The molecule has 4 nitrogen and oxygen atoms in total. The number of nitrogens with one attached hydrogen (secondary N) is 1. The Kier molecular flexibility index (Phi) is 5.31. The smallest absolute Gasteiger partial charge is 0.212 e. The Morgan fingerprint density at radius 1 is 1.50 bits per heavy atom. The van der Waals surface area contributed by atoms with Crippen molar-refractivity contribution < 1.29 is 12.8 Å². The number of hydrogen-bond donors (Lipinski definition) is 1. The molecule has 1 aromatic rings. The van der Waals surface area contributed by atoms with Gasteiger partial charge in [-0.05, 0) is 31.9 Å². The highest BCUT2D eigenvalue weighted by atomic mass is 35.5. The molecule has 0 aromatic carbocycles. The first-order valence-electron chi connectivity index (χ1n) is 5.14. The van der Waals surface area contributed by atoms with Gasteiger partial charge >= 0.3 is 0 Å². The Bertz CT molecular complexity index is 388. The second kappa shape index (κ2) is 6.27. The van der Waals surface area contributed by atoms with E-state index < -0.39 is 10.0 Å². The van der Waals surface area contributed by atoms with Gasteiger partial charge in [-0.1, -0.05) is 0 Å². The molecule has 6 heteroatoms. The summed E-state index contributed by atoms with van der Waals surface area (Å²) < 4.78 is 30.9. The summed E-state index contributed by atoms with van der Waals surface area (Å²) in [6.07, 6.45) is 2.80. The van der Waals surface area contributed by atoms with Crippen molar-refractivity contribution >= 4 is 21.6 Å². The van der Waals surface area contributed by atoms with E-state index in [1.54, 1.807) is 19.1 Å². The summed E-state index contributed by atoms with van der Waals surface area (Å²) in [6.45, 7) is 1.75. The van der Waals surface area contributed by atoms with Gasteiger partial charge in [0.25, 0.3) is 0 Å². The van der Waals surface area contributed by atoms with Gasteiger partial charge in [-0.15, -0.1) is 11.6 Å². The summed E-state index contributed by atoms with van der Waals surface area (Å²) in [5.74, 6) is 1.20. The van der Waals surface area contributed by atoms with Crippen molar-refractivity contribution in [2.75, 3.05) is 11.6 Å². The fourth-order valence-electron chi connectivity index (χ4n) is 1.31. The lowest BCUT2D eigenvalue weighted by molar-refractivity contribution is 0.459. The molecule has 0 saturated heterocycles. The molecule has 0 saturated carbocycles. The average molecular weight is 266 g/mol. The van der Waals surface area contributed by atoms with Gasteiger partial charge in [0.1, 0.15) is 5.76 Å². The number of sulfonamides is 1. The highest BCUT2D eigenvalue weighted by molar-refractivity contribution is 7.89. The molecule has 1 aromatic heterocycles. The van der Waals surface area contributed by atoms with Gasteiger partial charge < -0.3 is 4.42 Å². The van der Waals surface area contributed by atoms with Gasteiger partial charge in [0.2, 0.25) is 10.0 Å². The topological polar surface area (TPSA) is 59.3 Å². The quantitative estimate of drug-likeness (QED) is 0.608. The molecule has 0 spiro atoms. The lowest BCUT2D eigenvalue weighted by Gasteiger charge is -2.11. The summed E-state index contributed by atoms with van der Waals surface area (Å²) in [4.78, 5) is 0. The molecule has 0 unspecified atom stereocenters. The zero-order chi connectivity index (χ0) is 12.0. The third kappa shape index (κ3) is 4.55. The Balaban J connectivity index is 2.46.